The van der Waals surface area contributed by atoms with Gasteiger partial charge in [0.15, 0.2) is 0 Å². The van der Waals surface area contributed by atoms with Gasteiger partial charge in [0.1, 0.15) is 18.3 Å². The number of carbonyl (C=O) groups excluding carboxylic acids is 2. The van der Waals surface area contributed by atoms with Crippen LogP contribution in [0.5, 0.6) is 5.75 Å². The van der Waals surface area contributed by atoms with E-state index in [1.165, 1.54) is 18.0 Å². The molecule has 25 heavy (non-hydrogen) atoms. The Bertz CT molecular complexity index is 714. The minimum atomic E-state index is -0.772. The van der Waals surface area contributed by atoms with Crippen molar-refractivity contribution in [2.45, 2.75) is 12.6 Å². The van der Waals surface area contributed by atoms with E-state index in [0.717, 1.165) is 0 Å². The Hall–Kier alpha value is -2.91. The van der Waals surface area contributed by atoms with Gasteiger partial charge in [-0.05, 0) is 24.3 Å². The van der Waals surface area contributed by atoms with Crippen molar-refractivity contribution in [2.24, 2.45) is 5.73 Å². The molecule has 2 aromatic rings. The summed E-state index contributed by atoms with van der Waals surface area (Å²) in [6.45, 7) is 0.121. The zero-order chi connectivity index (χ0) is 18.2. The molecule has 1 unspecified atom stereocenters. The molecule has 1 aromatic carbocycles. The predicted octanol–water partition coefficient (Wildman–Crippen LogP) is 0.443. The van der Waals surface area contributed by atoms with Crippen LogP contribution in [0.2, 0.25) is 0 Å². The number of aromatic nitrogens is 2. The molecule has 0 aliphatic carbocycles. The number of ether oxygens (including phenoxy) is 2. The molecule has 0 bridgehead atoms. The van der Waals surface area contributed by atoms with E-state index in [1.807, 2.05) is 0 Å². The van der Waals surface area contributed by atoms with Gasteiger partial charge in [-0.1, -0.05) is 0 Å². The average Bonchev–Trinajstić information content (AvgIpc) is 3.02. The second kappa shape index (κ2) is 8.81. The third kappa shape index (κ3) is 5.59. The van der Waals surface area contributed by atoms with E-state index >= 15 is 0 Å². The van der Waals surface area contributed by atoms with Crippen LogP contribution in [-0.4, -0.2) is 48.5 Å². The van der Waals surface area contributed by atoms with E-state index in [2.05, 4.69) is 15.7 Å². The number of methoxy groups -OCH3 is 2. The molecule has 134 valence electrons. The van der Waals surface area contributed by atoms with Crippen molar-refractivity contribution in [3.8, 4) is 5.75 Å². The highest BCUT2D eigenvalue weighted by Gasteiger charge is 2.14. The highest BCUT2D eigenvalue weighted by atomic mass is 16.5. The van der Waals surface area contributed by atoms with Crippen molar-refractivity contribution < 1.29 is 19.1 Å². The third-order valence-corrected chi connectivity index (χ3v) is 3.26. The molecule has 2 amide bonds. The summed E-state index contributed by atoms with van der Waals surface area (Å²) >= 11 is 0. The molecule has 0 fully saturated rings. The molecule has 9 nitrogen and oxygen atoms in total. The van der Waals surface area contributed by atoms with Crippen LogP contribution in [0.25, 0.3) is 0 Å². The van der Waals surface area contributed by atoms with Crippen LogP contribution in [0.3, 0.4) is 0 Å². The van der Waals surface area contributed by atoms with E-state index in [1.54, 1.807) is 37.6 Å². The first-order chi connectivity index (χ1) is 12.0. The van der Waals surface area contributed by atoms with Gasteiger partial charge in [0.25, 0.3) is 0 Å². The van der Waals surface area contributed by atoms with Crippen molar-refractivity contribution in [3.05, 3.63) is 36.7 Å². The number of benzene rings is 1. The van der Waals surface area contributed by atoms with Crippen molar-refractivity contribution >= 4 is 23.2 Å². The lowest BCUT2D eigenvalue weighted by Gasteiger charge is -2.09. The number of anilines is 2. The number of rotatable bonds is 8. The number of hydrogen-bond acceptors (Lipinski definition) is 6. The summed E-state index contributed by atoms with van der Waals surface area (Å²) in [6.07, 6.45) is 2.99. The van der Waals surface area contributed by atoms with Crippen molar-refractivity contribution in [1.29, 1.82) is 0 Å². The Morgan fingerprint density at radius 1 is 1.20 bits per heavy atom. The minimum absolute atomic E-state index is 0.00598. The largest absolute Gasteiger partial charge is 0.497 e. The molecule has 4 N–H and O–H groups in total. The maximum Gasteiger partial charge on any atom is 0.246 e. The number of amides is 2. The van der Waals surface area contributed by atoms with E-state index < -0.39 is 6.04 Å². The topological polar surface area (TPSA) is 120 Å². The van der Waals surface area contributed by atoms with Crippen molar-refractivity contribution in [2.75, 3.05) is 31.5 Å². The normalized spacial score (nSPS) is 11.6. The van der Waals surface area contributed by atoms with Crippen LogP contribution in [0, 0.1) is 0 Å². The van der Waals surface area contributed by atoms with Gasteiger partial charge in [-0.2, -0.15) is 5.10 Å². The first-order valence-corrected chi connectivity index (χ1v) is 7.53. The molecule has 1 aromatic heterocycles. The fraction of sp³-hybridized carbons (Fsp3) is 0.312. The number of nitrogens with two attached hydrogens (primary N) is 1. The molecule has 0 spiro atoms. The lowest BCUT2D eigenvalue weighted by Crippen LogP contribution is -2.39. The number of hydrogen-bond donors (Lipinski definition) is 3. The Morgan fingerprint density at radius 3 is 2.56 bits per heavy atom. The summed E-state index contributed by atoms with van der Waals surface area (Å²) in [5, 5.41) is 9.39. The highest BCUT2D eigenvalue weighted by Crippen LogP contribution is 2.15. The zero-order valence-corrected chi connectivity index (χ0v) is 14.1. The maximum atomic E-state index is 12.0. The molecule has 2 rings (SSSR count). The van der Waals surface area contributed by atoms with Gasteiger partial charge in [-0.25, -0.2) is 0 Å². The molecule has 0 aliphatic heterocycles. The first kappa shape index (κ1) is 18.4. The molecule has 1 atom stereocenters. The molecule has 0 saturated heterocycles. The summed E-state index contributed by atoms with van der Waals surface area (Å²) in [4.78, 5) is 23.8. The lowest BCUT2D eigenvalue weighted by molar-refractivity contribution is -0.118. The van der Waals surface area contributed by atoms with E-state index in [0.29, 0.717) is 17.1 Å². The van der Waals surface area contributed by atoms with Gasteiger partial charge in [0.05, 0.1) is 25.6 Å². The smallest absolute Gasteiger partial charge is 0.246 e. The SMILES string of the molecule is COCC(N)C(=O)Nc1cnn(CC(=O)Nc2ccc(OC)cc2)c1. The number of nitrogens with one attached hydrogen (secondary N) is 2. The summed E-state index contributed by atoms with van der Waals surface area (Å²) in [5.41, 5.74) is 6.74. The fourth-order valence-electron chi connectivity index (χ4n) is 2.03. The second-order valence-corrected chi connectivity index (χ2v) is 5.25. The molecular formula is C16H21N5O4. The Balaban J connectivity index is 1.87. The van der Waals surface area contributed by atoms with Gasteiger partial charge in [0, 0.05) is 19.0 Å². The summed E-state index contributed by atoms with van der Waals surface area (Å²) in [6, 6.07) is 6.21. The lowest BCUT2D eigenvalue weighted by atomic mass is 10.3. The monoisotopic (exact) mass is 347 g/mol. The van der Waals surface area contributed by atoms with Gasteiger partial charge < -0.3 is 25.8 Å². The van der Waals surface area contributed by atoms with Crippen molar-refractivity contribution in [3.63, 3.8) is 0 Å². The summed E-state index contributed by atoms with van der Waals surface area (Å²) < 4.78 is 11.3. The standard InChI is InChI=1S/C16H21N5O4/c1-24-10-14(17)16(23)20-12-7-18-21(8-12)9-15(22)19-11-3-5-13(25-2)6-4-11/h3-8,14H,9-10,17H2,1-2H3,(H,19,22)(H,20,23). The molecule has 0 aliphatic rings. The zero-order valence-electron chi connectivity index (χ0n) is 14.1. The molecule has 9 heteroatoms. The van der Waals surface area contributed by atoms with Gasteiger partial charge >= 0.3 is 0 Å². The Morgan fingerprint density at radius 2 is 1.92 bits per heavy atom. The second-order valence-electron chi connectivity index (χ2n) is 5.25. The average molecular weight is 347 g/mol. The van der Waals surface area contributed by atoms with E-state index in [4.69, 9.17) is 15.2 Å². The minimum Gasteiger partial charge on any atom is -0.497 e. The molecule has 0 saturated carbocycles. The Labute approximate surface area is 145 Å². The summed E-state index contributed by atoms with van der Waals surface area (Å²) in [7, 11) is 3.04. The predicted molar refractivity (Wildman–Crippen MR) is 92.3 cm³/mol. The maximum absolute atomic E-state index is 12.0. The number of carbonyl (C=O) groups is 2. The molecular weight excluding hydrogens is 326 g/mol. The molecule has 0 radical (unpaired) electrons. The van der Waals surface area contributed by atoms with Crippen molar-refractivity contribution in [1.82, 2.24) is 9.78 Å². The van der Waals surface area contributed by atoms with E-state index in [9.17, 15) is 9.59 Å². The van der Waals surface area contributed by atoms with Crippen LogP contribution >= 0.6 is 0 Å². The summed E-state index contributed by atoms with van der Waals surface area (Å²) in [5.74, 6) is 0.0726. The van der Waals surface area contributed by atoms with Crippen LogP contribution in [-0.2, 0) is 20.9 Å². The van der Waals surface area contributed by atoms with Gasteiger partial charge in [-0.3, -0.25) is 14.3 Å². The van der Waals surface area contributed by atoms with Crippen LogP contribution < -0.4 is 21.1 Å². The fourth-order valence-corrected chi connectivity index (χ4v) is 2.03. The molecule has 1 heterocycles. The number of nitrogens with zero attached hydrogens (tertiary/aromatic N) is 2. The quantitative estimate of drug-likeness (QED) is 0.637. The van der Waals surface area contributed by atoms with Gasteiger partial charge in [-0.15, -0.1) is 0 Å². The third-order valence-electron chi connectivity index (χ3n) is 3.26. The highest BCUT2D eigenvalue weighted by molar-refractivity contribution is 5.94. The van der Waals surface area contributed by atoms with Crippen LogP contribution in [0.15, 0.2) is 36.7 Å². The van der Waals surface area contributed by atoms with Gasteiger partial charge in [0.2, 0.25) is 11.8 Å². The Kier molecular flexibility index (Phi) is 6.49. The van der Waals surface area contributed by atoms with E-state index in [-0.39, 0.29) is 25.0 Å². The first-order valence-electron chi connectivity index (χ1n) is 7.53. The van der Waals surface area contributed by atoms with Crippen LogP contribution in [0.4, 0.5) is 11.4 Å². The van der Waals surface area contributed by atoms with Crippen LogP contribution in [0.1, 0.15) is 0 Å².